The summed E-state index contributed by atoms with van der Waals surface area (Å²) < 4.78 is 16.1. The van der Waals surface area contributed by atoms with Crippen molar-refractivity contribution in [2.45, 2.75) is 57.9 Å². The first kappa shape index (κ1) is 18.6. The number of rotatable bonds is 12. The normalized spacial score (nSPS) is 12.9. The van der Waals surface area contributed by atoms with E-state index in [2.05, 4.69) is 13.0 Å². The summed E-state index contributed by atoms with van der Waals surface area (Å²) in [7, 11) is 2.43. The molecule has 0 radical (unpaired) electrons. The van der Waals surface area contributed by atoms with Crippen LogP contribution in [0.3, 0.4) is 0 Å². The minimum absolute atomic E-state index is 0.731. The van der Waals surface area contributed by atoms with Crippen molar-refractivity contribution in [3.8, 4) is 0 Å². The van der Waals surface area contributed by atoms with Crippen LogP contribution in [0, 0.1) is 0 Å². The van der Waals surface area contributed by atoms with E-state index in [0.29, 0.717) is 0 Å². The Hall–Kier alpha value is -0.363. The minimum atomic E-state index is -2.47. The maximum Gasteiger partial charge on any atom is 0.500 e. The van der Waals surface area contributed by atoms with Gasteiger partial charge in [-0.3, -0.25) is 0 Å². The Morgan fingerprint density at radius 3 is 2.11 bits per heavy atom. The highest BCUT2D eigenvalue weighted by molar-refractivity contribution is 6.60. The Morgan fingerprint density at radius 2 is 1.58 bits per heavy atom. The summed E-state index contributed by atoms with van der Waals surface area (Å²) in [5.74, 6) is 0. The molecule has 2 N–H and O–H groups in total. The van der Waals surface area contributed by atoms with Gasteiger partial charge >= 0.3 is 8.80 Å². The van der Waals surface area contributed by atoms with Gasteiger partial charge in [-0.1, -0.05) is 38.7 Å². The van der Waals surface area contributed by atoms with E-state index in [1.54, 1.807) is 21.3 Å². The second-order valence-electron chi connectivity index (χ2n) is 4.78. The fourth-order valence-corrected chi connectivity index (χ4v) is 3.70. The monoisotopic (exact) mass is 289 g/mol. The van der Waals surface area contributed by atoms with Gasteiger partial charge in [-0.05, 0) is 19.3 Å². The molecule has 0 saturated carbocycles. The van der Waals surface area contributed by atoms with Crippen molar-refractivity contribution in [3.05, 3.63) is 11.8 Å². The molecular weight excluding hydrogens is 258 g/mol. The van der Waals surface area contributed by atoms with Crippen molar-refractivity contribution in [1.82, 2.24) is 0 Å². The zero-order chi connectivity index (χ0) is 14.6. The average molecular weight is 289 g/mol. The standard InChI is InChI=1S/C14H31NO3Si/c1-5-6-7-8-9-10-11-14(15)12-13-19(16-2,17-3)18-4/h11H,5-10,12-13,15H2,1-4H3. The molecule has 0 spiro atoms. The first-order valence-corrected chi connectivity index (χ1v) is 9.17. The van der Waals surface area contributed by atoms with Crippen molar-refractivity contribution >= 4 is 8.80 Å². The predicted molar refractivity (Wildman–Crippen MR) is 81.9 cm³/mol. The van der Waals surface area contributed by atoms with E-state index in [4.69, 9.17) is 19.0 Å². The quantitative estimate of drug-likeness (QED) is 0.441. The Morgan fingerprint density at radius 1 is 1.00 bits per heavy atom. The Bertz CT molecular complexity index is 235. The summed E-state index contributed by atoms with van der Waals surface area (Å²) in [5.41, 5.74) is 6.92. The number of hydrogen-bond donors (Lipinski definition) is 1. The maximum atomic E-state index is 6.00. The molecule has 0 aliphatic rings. The van der Waals surface area contributed by atoms with Crippen LogP contribution in [-0.4, -0.2) is 30.1 Å². The van der Waals surface area contributed by atoms with Gasteiger partial charge in [0.15, 0.2) is 0 Å². The van der Waals surface area contributed by atoms with Gasteiger partial charge in [0.1, 0.15) is 0 Å². The fraction of sp³-hybridized carbons (Fsp3) is 0.857. The number of allylic oxidation sites excluding steroid dienone is 2. The maximum absolute atomic E-state index is 6.00. The molecule has 0 bridgehead atoms. The van der Waals surface area contributed by atoms with Crippen molar-refractivity contribution in [3.63, 3.8) is 0 Å². The molecule has 114 valence electrons. The summed E-state index contributed by atoms with van der Waals surface area (Å²) in [4.78, 5) is 0. The first-order valence-electron chi connectivity index (χ1n) is 7.24. The smallest absolute Gasteiger partial charge is 0.402 e. The zero-order valence-corrected chi connectivity index (χ0v) is 14.0. The molecule has 0 aromatic rings. The molecule has 0 fully saturated rings. The molecule has 4 nitrogen and oxygen atoms in total. The van der Waals surface area contributed by atoms with E-state index in [-0.39, 0.29) is 0 Å². The van der Waals surface area contributed by atoms with Crippen LogP contribution in [0.1, 0.15) is 51.9 Å². The van der Waals surface area contributed by atoms with Gasteiger partial charge in [-0.2, -0.15) is 0 Å². The lowest BCUT2D eigenvalue weighted by molar-refractivity contribution is 0.123. The van der Waals surface area contributed by atoms with E-state index >= 15 is 0 Å². The summed E-state index contributed by atoms with van der Waals surface area (Å²) in [6.45, 7) is 2.23. The third-order valence-corrected chi connectivity index (χ3v) is 6.10. The van der Waals surface area contributed by atoms with E-state index in [0.717, 1.165) is 24.6 Å². The van der Waals surface area contributed by atoms with Gasteiger partial charge in [0.25, 0.3) is 0 Å². The highest BCUT2D eigenvalue weighted by atomic mass is 28.4. The van der Waals surface area contributed by atoms with Crippen LogP contribution in [0.15, 0.2) is 11.8 Å². The average Bonchev–Trinajstić information content (AvgIpc) is 2.45. The molecule has 0 aromatic heterocycles. The third-order valence-electron chi connectivity index (χ3n) is 3.37. The topological polar surface area (TPSA) is 53.7 Å². The van der Waals surface area contributed by atoms with Gasteiger partial charge in [0, 0.05) is 33.1 Å². The summed E-state index contributed by atoms with van der Waals surface area (Å²) in [5, 5.41) is 0. The summed E-state index contributed by atoms with van der Waals surface area (Å²) in [6, 6.07) is 0.731. The SMILES string of the molecule is CCCCCCCC=C(N)CC[Si](OC)(OC)OC. The molecule has 0 aliphatic heterocycles. The second kappa shape index (κ2) is 11.5. The van der Waals surface area contributed by atoms with E-state index in [1.807, 2.05) is 0 Å². The van der Waals surface area contributed by atoms with Crippen molar-refractivity contribution < 1.29 is 13.3 Å². The van der Waals surface area contributed by atoms with Crippen molar-refractivity contribution in [1.29, 1.82) is 0 Å². The number of nitrogens with two attached hydrogens (primary N) is 1. The first-order chi connectivity index (χ1) is 9.14. The zero-order valence-electron chi connectivity index (χ0n) is 13.0. The lowest BCUT2D eigenvalue weighted by atomic mass is 10.1. The van der Waals surface area contributed by atoms with Gasteiger partial charge in [0.05, 0.1) is 0 Å². The van der Waals surface area contributed by atoms with E-state index in [1.165, 1.54) is 32.1 Å². The van der Waals surface area contributed by atoms with Crippen LogP contribution >= 0.6 is 0 Å². The molecular formula is C14H31NO3Si. The lowest BCUT2D eigenvalue weighted by Gasteiger charge is -2.24. The fourth-order valence-electron chi connectivity index (χ4n) is 1.99. The highest BCUT2D eigenvalue weighted by Crippen LogP contribution is 2.17. The molecule has 0 rings (SSSR count). The molecule has 19 heavy (non-hydrogen) atoms. The van der Waals surface area contributed by atoms with Crippen LogP contribution in [0.25, 0.3) is 0 Å². The molecule has 5 heteroatoms. The van der Waals surface area contributed by atoms with Crippen molar-refractivity contribution in [2.75, 3.05) is 21.3 Å². The largest absolute Gasteiger partial charge is 0.500 e. The summed E-state index contributed by atoms with van der Waals surface area (Å²) in [6.07, 6.45) is 10.4. The van der Waals surface area contributed by atoms with Crippen LogP contribution in [0.4, 0.5) is 0 Å². The molecule has 0 heterocycles. The lowest BCUT2D eigenvalue weighted by Crippen LogP contribution is -2.42. The number of unbranched alkanes of at least 4 members (excludes halogenated alkanes) is 5. The van der Waals surface area contributed by atoms with Gasteiger partial charge in [0.2, 0.25) is 0 Å². The highest BCUT2D eigenvalue weighted by Gasteiger charge is 2.37. The molecule has 0 amide bonds. The summed E-state index contributed by atoms with van der Waals surface area (Å²) >= 11 is 0. The van der Waals surface area contributed by atoms with E-state index < -0.39 is 8.80 Å². The molecule has 0 aromatic carbocycles. The molecule has 0 saturated heterocycles. The van der Waals surface area contributed by atoms with Gasteiger partial charge in [-0.25, -0.2) is 0 Å². The van der Waals surface area contributed by atoms with Crippen LogP contribution in [0.2, 0.25) is 6.04 Å². The Balaban J connectivity index is 3.86. The molecule has 0 aliphatic carbocycles. The Kier molecular flexibility index (Phi) is 11.2. The van der Waals surface area contributed by atoms with Crippen LogP contribution in [0.5, 0.6) is 0 Å². The molecule has 0 unspecified atom stereocenters. The number of hydrogen-bond acceptors (Lipinski definition) is 4. The predicted octanol–water partition coefficient (Wildman–Crippen LogP) is 3.46. The van der Waals surface area contributed by atoms with Crippen LogP contribution < -0.4 is 5.73 Å². The minimum Gasteiger partial charge on any atom is -0.402 e. The molecule has 0 atom stereocenters. The van der Waals surface area contributed by atoms with Gasteiger partial charge in [-0.15, -0.1) is 0 Å². The van der Waals surface area contributed by atoms with Crippen molar-refractivity contribution in [2.24, 2.45) is 5.73 Å². The Labute approximate surface area is 119 Å². The van der Waals surface area contributed by atoms with Crippen LogP contribution in [-0.2, 0) is 13.3 Å². The second-order valence-corrected chi connectivity index (χ2v) is 7.87. The van der Waals surface area contributed by atoms with Gasteiger partial charge < -0.3 is 19.0 Å². The van der Waals surface area contributed by atoms with E-state index in [9.17, 15) is 0 Å². The third kappa shape index (κ3) is 8.42.